The van der Waals surface area contributed by atoms with E-state index in [2.05, 4.69) is 19.2 Å². The summed E-state index contributed by atoms with van der Waals surface area (Å²) in [5.74, 6) is -0.543. The molecular weight excluding hydrogens is 254 g/mol. The number of aryl methyl sites for hydroxylation is 1. The number of nitrogens with one attached hydrogen (secondary N) is 1. The first-order chi connectivity index (χ1) is 9.50. The molecule has 1 aromatic carbocycles. The van der Waals surface area contributed by atoms with Crippen molar-refractivity contribution in [2.75, 3.05) is 19.8 Å². The molecule has 0 saturated carbocycles. The number of ether oxygens (including phenoxy) is 1. The molecule has 0 aliphatic rings. The molecule has 0 saturated heterocycles. The Morgan fingerprint density at radius 3 is 2.45 bits per heavy atom. The fourth-order valence-electron chi connectivity index (χ4n) is 1.61. The quantitative estimate of drug-likeness (QED) is 0.451. The number of rotatable bonds is 8. The van der Waals surface area contributed by atoms with E-state index in [0.717, 1.165) is 12.2 Å². The smallest absolute Gasteiger partial charge is 0.292 e. The van der Waals surface area contributed by atoms with Gasteiger partial charge in [0.2, 0.25) is 5.78 Å². The molecule has 1 N–H and O–H groups in total. The molecule has 0 unspecified atom stereocenters. The SMILES string of the molecule is Cc1ccc(C(=O)C(=O)NCCCOCC(C)C)cc1. The van der Waals surface area contributed by atoms with Crippen molar-refractivity contribution < 1.29 is 14.3 Å². The van der Waals surface area contributed by atoms with Gasteiger partial charge in [0, 0.05) is 25.3 Å². The first-order valence-corrected chi connectivity index (χ1v) is 6.97. The van der Waals surface area contributed by atoms with Crippen LogP contribution in [0.25, 0.3) is 0 Å². The van der Waals surface area contributed by atoms with Gasteiger partial charge in [-0.1, -0.05) is 43.7 Å². The van der Waals surface area contributed by atoms with Crippen LogP contribution in [-0.4, -0.2) is 31.4 Å². The van der Waals surface area contributed by atoms with Gasteiger partial charge in [-0.25, -0.2) is 0 Å². The van der Waals surface area contributed by atoms with Crippen LogP contribution in [0.4, 0.5) is 0 Å². The Bertz CT molecular complexity index is 438. The topological polar surface area (TPSA) is 55.4 Å². The van der Waals surface area contributed by atoms with Crippen LogP contribution in [0.2, 0.25) is 0 Å². The minimum absolute atomic E-state index is 0.421. The van der Waals surface area contributed by atoms with Crippen molar-refractivity contribution in [1.29, 1.82) is 0 Å². The second-order valence-electron chi connectivity index (χ2n) is 5.27. The van der Waals surface area contributed by atoms with Crippen LogP contribution in [0.3, 0.4) is 0 Å². The van der Waals surface area contributed by atoms with Crippen molar-refractivity contribution in [3.63, 3.8) is 0 Å². The summed E-state index contributed by atoms with van der Waals surface area (Å²) in [6, 6.07) is 6.98. The summed E-state index contributed by atoms with van der Waals surface area (Å²) in [6.45, 7) is 7.87. The summed E-state index contributed by atoms with van der Waals surface area (Å²) in [5.41, 5.74) is 1.48. The lowest BCUT2D eigenvalue weighted by Crippen LogP contribution is -2.32. The predicted octanol–water partition coefficient (Wildman–Crippen LogP) is 2.36. The molecule has 0 spiro atoms. The molecule has 0 radical (unpaired) electrons. The molecule has 0 aromatic heterocycles. The minimum atomic E-state index is -0.558. The van der Waals surface area contributed by atoms with Crippen LogP contribution in [0.15, 0.2) is 24.3 Å². The number of carbonyl (C=O) groups is 2. The van der Waals surface area contributed by atoms with E-state index in [0.29, 0.717) is 31.1 Å². The molecule has 0 heterocycles. The second kappa shape index (κ2) is 8.48. The highest BCUT2D eigenvalue weighted by molar-refractivity contribution is 6.42. The molecule has 0 bridgehead atoms. The first-order valence-electron chi connectivity index (χ1n) is 6.97. The fourth-order valence-corrected chi connectivity index (χ4v) is 1.61. The zero-order valence-electron chi connectivity index (χ0n) is 12.4. The van der Waals surface area contributed by atoms with Crippen LogP contribution >= 0.6 is 0 Å². The van der Waals surface area contributed by atoms with Gasteiger partial charge < -0.3 is 10.1 Å². The second-order valence-corrected chi connectivity index (χ2v) is 5.27. The Hall–Kier alpha value is -1.68. The van der Waals surface area contributed by atoms with E-state index in [1.54, 1.807) is 12.1 Å². The average Bonchev–Trinajstić information content (AvgIpc) is 2.42. The van der Waals surface area contributed by atoms with Gasteiger partial charge in [0.15, 0.2) is 0 Å². The van der Waals surface area contributed by atoms with E-state index < -0.39 is 11.7 Å². The van der Waals surface area contributed by atoms with Gasteiger partial charge in [-0.2, -0.15) is 0 Å². The number of Topliss-reactive ketones (excluding diaryl/α,β-unsaturated/α-hetero) is 1. The lowest BCUT2D eigenvalue weighted by molar-refractivity contribution is -0.117. The Balaban J connectivity index is 2.25. The summed E-state index contributed by atoms with van der Waals surface area (Å²) in [6.07, 6.45) is 0.708. The zero-order chi connectivity index (χ0) is 15.0. The van der Waals surface area contributed by atoms with E-state index in [1.165, 1.54) is 0 Å². The minimum Gasteiger partial charge on any atom is -0.381 e. The standard InChI is InChI=1S/C16H23NO3/c1-12(2)11-20-10-4-9-17-16(19)15(18)14-7-5-13(3)6-8-14/h5-8,12H,4,9-11H2,1-3H3,(H,17,19). The molecule has 1 amide bonds. The number of amides is 1. The molecule has 0 atom stereocenters. The summed E-state index contributed by atoms with van der Waals surface area (Å²) in [4.78, 5) is 23.5. The number of carbonyl (C=O) groups excluding carboxylic acids is 2. The summed E-state index contributed by atoms with van der Waals surface area (Å²) >= 11 is 0. The maximum Gasteiger partial charge on any atom is 0.292 e. The zero-order valence-corrected chi connectivity index (χ0v) is 12.4. The molecular formula is C16H23NO3. The lowest BCUT2D eigenvalue weighted by Gasteiger charge is -2.07. The molecule has 1 aromatic rings. The highest BCUT2D eigenvalue weighted by atomic mass is 16.5. The largest absolute Gasteiger partial charge is 0.381 e. The Morgan fingerprint density at radius 2 is 1.85 bits per heavy atom. The maximum absolute atomic E-state index is 11.8. The van der Waals surface area contributed by atoms with Gasteiger partial charge in [0.25, 0.3) is 5.91 Å². The van der Waals surface area contributed by atoms with Crippen LogP contribution in [0.1, 0.15) is 36.2 Å². The van der Waals surface area contributed by atoms with Crippen LogP contribution in [0.5, 0.6) is 0 Å². The molecule has 0 aliphatic heterocycles. The van der Waals surface area contributed by atoms with Crippen LogP contribution in [-0.2, 0) is 9.53 Å². The van der Waals surface area contributed by atoms with Crippen molar-refractivity contribution >= 4 is 11.7 Å². The maximum atomic E-state index is 11.8. The van der Waals surface area contributed by atoms with Crippen LogP contribution < -0.4 is 5.32 Å². The van der Waals surface area contributed by atoms with Gasteiger partial charge in [0.1, 0.15) is 0 Å². The highest BCUT2D eigenvalue weighted by Crippen LogP contribution is 2.04. The molecule has 4 heteroatoms. The summed E-state index contributed by atoms with van der Waals surface area (Å²) in [5, 5.41) is 2.62. The third-order valence-corrected chi connectivity index (χ3v) is 2.72. The third-order valence-electron chi connectivity index (χ3n) is 2.72. The van der Waals surface area contributed by atoms with Gasteiger partial charge in [-0.05, 0) is 19.3 Å². The normalized spacial score (nSPS) is 10.6. The summed E-state index contributed by atoms with van der Waals surface area (Å²) in [7, 11) is 0. The lowest BCUT2D eigenvalue weighted by atomic mass is 10.1. The average molecular weight is 277 g/mol. The molecule has 20 heavy (non-hydrogen) atoms. The number of hydrogen-bond donors (Lipinski definition) is 1. The van der Waals surface area contributed by atoms with Crippen molar-refractivity contribution in [2.45, 2.75) is 27.2 Å². The molecule has 0 aliphatic carbocycles. The Morgan fingerprint density at radius 1 is 1.20 bits per heavy atom. The van der Waals surface area contributed by atoms with Gasteiger partial charge in [0.05, 0.1) is 0 Å². The molecule has 4 nitrogen and oxygen atoms in total. The van der Waals surface area contributed by atoms with E-state index in [-0.39, 0.29) is 0 Å². The molecule has 1 rings (SSSR count). The van der Waals surface area contributed by atoms with E-state index in [4.69, 9.17) is 4.74 Å². The Labute approximate surface area is 120 Å². The van der Waals surface area contributed by atoms with Gasteiger partial charge in [-0.15, -0.1) is 0 Å². The van der Waals surface area contributed by atoms with Gasteiger partial charge >= 0.3 is 0 Å². The van der Waals surface area contributed by atoms with Crippen molar-refractivity contribution in [1.82, 2.24) is 5.32 Å². The summed E-state index contributed by atoms with van der Waals surface area (Å²) < 4.78 is 5.40. The monoisotopic (exact) mass is 277 g/mol. The van der Waals surface area contributed by atoms with E-state index in [9.17, 15) is 9.59 Å². The Kier molecular flexibility index (Phi) is 6.94. The fraction of sp³-hybridized carbons (Fsp3) is 0.500. The first kappa shape index (κ1) is 16.4. The van der Waals surface area contributed by atoms with E-state index >= 15 is 0 Å². The third kappa shape index (κ3) is 5.97. The number of ketones is 1. The number of hydrogen-bond acceptors (Lipinski definition) is 3. The predicted molar refractivity (Wildman–Crippen MR) is 78.8 cm³/mol. The van der Waals surface area contributed by atoms with Crippen LogP contribution in [0, 0.1) is 12.8 Å². The van der Waals surface area contributed by atoms with Crippen molar-refractivity contribution in [2.24, 2.45) is 5.92 Å². The molecule has 110 valence electrons. The van der Waals surface area contributed by atoms with Crippen molar-refractivity contribution in [3.05, 3.63) is 35.4 Å². The van der Waals surface area contributed by atoms with Gasteiger partial charge in [-0.3, -0.25) is 9.59 Å². The van der Waals surface area contributed by atoms with Crippen molar-refractivity contribution in [3.8, 4) is 0 Å². The van der Waals surface area contributed by atoms with E-state index in [1.807, 2.05) is 19.1 Å². The highest BCUT2D eigenvalue weighted by Gasteiger charge is 2.14. The molecule has 0 fully saturated rings. The number of benzene rings is 1.